The van der Waals surface area contributed by atoms with E-state index in [4.69, 9.17) is 9.47 Å². The van der Waals surface area contributed by atoms with Gasteiger partial charge in [-0.2, -0.15) is 0 Å². The summed E-state index contributed by atoms with van der Waals surface area (Å²) in [6, 6.07) is 7.34. The summed E-state index contributed by atoms with van der Waals surface area (Å²) in [5, 5.41) is 79.2. The first-order valence-electron chi connectivity index (χ1n) is 10.7. The highest BCUT2D eigenvalue weighted by molar-refractivity contribution is 8.00. The molecule has 2 saturated heterocycles. The molecule has 35 heavy (non-hydrogen) atoms. The van der Waals surface area contributed by atoms with Gasteiger partial charge in [-0.15, -0.1) is 5.10 Å². The number of nitrogens with zero attached hydrogens (tertiary/aromatic N) is 3. The van der Waals surface area contributed by atoms with Crippen LogP contribution in [-0.2, 0) is 20.3 Å². The summed E-state index contributed by atoms with van der Waals surface area (Å²) < 4.78 is 25.0. The number of aromatic nitrogens is 3. The van der Waals surface area contributed by atoms with Gasteiger partial charge >= 0.3 is 0 Å². The van der Waals surface area contributed by atoms with Gasteiger partial charge in [0.15, 0.2) is 5.03 Å². The van der Waals surface area contributed by atoms with E-state index >= 15 is 0 Å². The summed E-state index contributed by atoms with van der Waals surface area (Å²) in [5.74, 6) is 0. The Morgan fingerprint density at radius 3 is 2.09 bits per heavy atom. The van der Waals surface area contributed by atoms with E-state index in [0.29, 0.717) is 4.90 Å². The maximum absolute atomic E-state index is 12.8. The number of aliphatic hydroxyl groups excluding tert-OH is 7. The van der Waals surface area contributed by atoms with Gasteiger partial charge in [-0.3, -0.25) is 0 Å². The highest BCUT2D eigenvalue weighted by atomic mass is 32.2. The molecule has 0 spiro atoms. The lowest BCUT2D eigenvalue weighted by atomic mass is 9.97. The molecule has 194 valence electrons. The van der Waals surface area contributed by atoms with Crippen LogP contribution in [0.3, 0.4) is 0 Å². The van der Waals surface area contributed by atoms with Crippen molar-refractivity contribution in [3.63, 3.8) is 0 Å². The molecule has 2 aliphatic rings. The van der Waals surface area contributed by atoms with Gasteiger partial charge in [0, 0.05) is 4.90 Å². The quantitative estimate of drug-likeness (QED) is 0.189. The van der Waals surface area contributed by atoms with Crippen LogP contribution >= 0.6 is 11.8 Å². The number of aliphatic hydroxyl groups is 7. The molecular formula is C20H27N3O10S2. The minimum absolute atomic E-state index is 0.0841. The Labute approximate surface area is 206 Å². The average molecular weight is 534 g/mol. The smallest absolute Gasteiger partial charge is 0.174 e. The van der Waals surface area contributed by atoms with Crippen LogP contribution in [0.4, 0.5) is 0 Å². The first-order valence-corrected chi connectivity index (χ1v) is 12.8. The Bertz CT molecular complexity index is 999. The fraction of sp³-hybridized carbons (Fsp3) is 0.600. The van der Waals surface area contributed by atoms with E-state index < -0.39 is 83.7 Å². The zero-order valence-electron chi connectivity index (χ0n) is 18.2. The molecule has 2 aromatic rings. The molecule has 2 fully saturated rings. The van der Waals surface area contributed by atoms with E-state index in [1.807, 2.05) is 0 Å². The van der Waals surface area contributed by atoms with Crippen molar-refractivity contribution < 1.29 is 49.4 Å². The summed E-state index contributed by atoms with van der Waals surface area (Å²) in [7, 11) is -1.67. The predicted octanol–water partition coefficient (Wildman–Crippen LogP) is -3.04. The Kier molecular flexibility index (Phi) is 8.55. The number of rotatable bonds is 7. The Morgan fingerprint density at radius 2 is 1.46 bits per heavy atom. The monoisotopic (exact) mass is 533 g/mol. The van der Waals surface area contributed by atoms with Crippen molar-refractivity contribution in [2.45, 2.75) is 69.6 Å². The number of hydrogen-bond acceptors (Lipinski definition) is 13. The molecule has 0 radical (unpaired) electrons. The number of thioether (sulfide) groups is 1. The second-order valence-electron chi connectivity index (χ2n) is 8.15. The fourth-order valence-corrected chi connectivity index (χ4v) is 6.24. The van der Waals surface area contributed by atoms with Gasteiger partial charge in [-0.1, -0.05) is 35.2 Å². The average Bonchev–Trinajstić information content (AvgIpc) is 3.35. The maximum atomic E-state index is 12.8. The summed E-state index contributed by atoms with van der Waals surface area (Å²) in [6.07, 6.45) is -8.69. The van der Waals surface area contributed by atoms with Gasteiger partial charge in [0.2, 0.25) is 0 Å². The molecule has 2 aliphatic heterocycles. The molecule has 1 aromatic carbocycles. The van der Waals surface area contributed by atoms with Crippen molar-refractivity contribution in [3.05, 3.63) is 36.5 Å². The topological polar surface area (TPSA) is 208 Å². The molecule has 0 amide bonds. The highest BCUT2D eigenvalue weighted by Gasteiger charge is 2.50. The van der Waals surface area contributed by atoms with Crippen molar-refractivity contribution >= 4 is 22.6 Å². The van der Waals surface area contributed by atoms with Crippen LogP contribution in [-0.4, -0.2) is 122 Å². The number of benzene rings is 1. The van der Waals surface area contributed by atoms with E-state index in [0.717, 1.165) is 16.4 Å². The van der Waals surface area contributed by atoms with Crippen molar-refractivity contribution in [1.82, 2.24) is 15.0 Å². The van der Waals surface area contributed by atoms with Gasteiger partial charge in [0.25, 0.3) is 0 Å². The minimum Gasteiger partial charge on any atom is -0.394 e. The summed E-state index contributed by atoms with van der Waals surface area (Å²) >= 11 is 0.742. The van der Waals surface area contributed by atoms with Crippen molar-refractivity contribution in [3.8, 4) is 0 Å². The SMILES string of the molecule is O=S(c1ccccc1)c1cn([C@H]2[C@@H](O)[C@@H](CO)O[C@@H](S[C@@H]3O[C@H](CO)[C@@H](O)[C@H](O)[C@H]3O)[C@@H]2O)nn1. The first-order chi connectivity index (χ1) is 16.8. The maximum Gasteiger partial charge on any atom is 0.174 e. The minimum atomic E-state index is -1.67. The van der Waals surface area contributed by atoms with Gasteiger partial charge in [0.05, 0.1) is 19.4 Å². The van der Waals surface area contributed by atoms with Crippen LogP contribution in [0.15, 0.2) is 46.5 Å². The third kappa shape index (κ3) is 5.30. The summed E-state index contributed by atoms with van der Waals surface area (Å²) in [4.78, 5) is 0.483. The van der Waals surface area contributed by atoms with Crippen LogP contribution in [0.1, 0.15) is 6.04 Å². The van der Waals surface area contributed by atoms with Gasteiger partial charge in [-0.25, -0.2) is 8.89 Å². The molecule has 1 unspecified atom stereocenters. The Balaban J connectivity index is 1.56. The Morgan fingerprint density at radius 1 is 0.857 bits per heavy atom. The Hall–Kier alpha value is -1.50. The first kappa shape index (κ1) is 26.6. The normalized spacial score (nSPS) is 38.8. The van der Waals surface area contributed by atoms with Gasteiger partial charge < -0.3 is 45.2 Å². The van der Waals surface area contributed by atoms with E-state index in [9.17, 15) is 40.0 Å². The molecule has 11 atom stereocenters. The second kappa shape index (κ2) is 11.3. The molecule has 0 bridgehead atoms. The van der Waals surface area contributed by atoms with Gasteiger partial charge in [-0.05, 0) is 12.1 Å². The summed E-state index contributed by atoms with van der Waals surface area (Å²) in [5.41, 5.74) is -2.42. The van der Waals surface area contributed by atoms with E-state index in [-0.39, 0.29) is 5.03 Å². The van der Waals surface area contributed by atoms with Crippen molar-refractivity contribution in [2.75, 3.05) is 13.2 Å². The predicted molar refractivity (Wildman–Crippen MR) is 119 cm³/mol. The molecule has 7 N–H and O–H groups in total. The molecule has 0 saturated carbocycles. The molecular weight excluding hydrogens is 506 g/mol. The zero-order valence-corrected chi connectivity index (χ0v) is 19.8. The molecule has 4 rings (SSSR count). The number of hydrogen-bond donors (Lipinski definition) is 7. The lowest BCUT2D eigenvalue weighted by Gasteiger charge is -2.45. The van der Waals surface area contributed by atoms with Crippen LogP contribution in [0, 0.1) is 0 Å². The number of ether oxygens (including phenoxy) is 2. The van der Waals surface area contributed by atoms with Gasteiger partial charge in [0.1, 0.15) is 70.4 Å². The van der Waals surface area contributed by atoms with Crippen LogP contribution < -0.4 is 0 Å². The summed E-state index contributed by atoms with van der Waals surface area (Å²) in [6.45, 7) is -1.25. The molecule has 0 aliphatic carbocycles. The fourth-order valence-electron chi connectivity index (χ4n) is 3.96. The third-order valence-corrected chi connectivity index (χ3v) is 8.49. The van der Waals surface area contributed by atoms with E-state index in [1.165, 1.54) is 6.20 Å². The van der Waals surface area contributed by atoms with Crippen LogP contribution in [0.5, 0.6) is 0 Å². The second-order valence-corrected chi connectivity index (χ2v) is 10.8. The van der Waals surface area contributed by atoms with Crippen LogP contribution in [0.25, 0.3) is 0 Å². The van der Waals surface area contributed by atoms with Crippen LogP contribution in [0.2, 0.25) is 0 Å². The molecule has 13 nitrogen and oxygen atoms in total. The zero-order chi connectivity index (χ0) is 25.3. The third-order valence-electron chi connectivity index (χ3n) is 5.91. The van der Waals surface area contributed by atoms with E-state index in [1.54, 1.807) is 30.3 Å². The molecule has 15 heteroatoms. The lowest BCUT2D eigenvalue weighted by Crippen LogP contribution is -2.59. The van der Waals surface area contributed by atoms with Crippen molar-refractivity contribution in [2.24, 2.45) is 0 Å². The highest BCUT2D eigenvalue weighted by Crippen LogP contribution is 2.39. The van der Waals surface area contributed by atoms with Crippen molar-refractivity contribution in [1.29, 1.82) is 0 Å². The largest absolute Gasteiger partial charge is 0.394 e. The molecule has 3 heterocycles. The standard InChI is InChI=1S/C20H27N3O10S2/c24-7-10-14(26)13(23-6-12(21-22-23)35(31)9-4-2-1-3-5-9)16(28)19(32-10)34-20-18(30)17(29)15(27)11(8-25)33-20/h1-6,10-11,13-20,24-30H,7-8H2/t10-,11-,13+,14+,15-,16-,17+,18-,19+,20+,35?/m1/s1. The van der Waals surface area contributed by atoms with E-state index in [2.05, 4.69) is 10.3 Å². The lowest BCUT2D eigenvalue weighted by molar-refractivity contribution is -0.208. The molecule has 1 aromatic heterocycles.